The van der Waals surface area contributed by atoms with E-state index in [0.717, 1.165) is 0 Å². The lowest BCUT2D eigenvalue weighted by Crippen LogP contribution is -1.95. The van der Waals surface area contributed by atoms with Gasteiger partial charge in [0.25, 0.3) is 0 Å². The molecule has 0 spiro atoms. The Morgan fingerprint density at radius 1 is 2.00 bits per heavy atom. The monoisotopic (exact) mass is 72.0 g/mol. The van der Waals surface area contributed by atoms with Crippen molar-refractivity contribution in [1.29, 1.82) is 0 Å². The second-order valence-corrected chi connectivity index (χ2v) is 0.714. The van der Waals surface area contributed by atoms with Crippen molar-refractivity contribution in [2.75, 3.05) is 6.61 Å². The first-order valence-corrected chi connectivity index (χ1v) is 1.38. The zero-order valence-corrected chi connectivity index (χ0v) is 2.64. The average molecular weight is 72.1 g/mol. The molecule has 0 aliphatic carbocycles. The predicted molar refractivity (Wildman–Crippen MR) is 17.6 cm³/mol. The summed E-state index contributed by atoms with van der Waals surface area (Å²) >= 11 is 0. The molecule has 1 N–H and O–H groups in total. The number of hydrogen-bond acceptors (Lipinski definition) is 3. The van der Waals surface area contributed by atoms with E-state index in [1.165, 1.54) is 0 Å². The molecule has 0 bridgehead atoms. The Kier molecular flexibility index (Phi) is 0.548. The molecule has 1 heterocycles. The number of nitrogens with one attached hydrogen (secondary N) is 1. The Hall–Kier alpha value is -0.570. The summed E-state index contributed by atoms with van der Waals surface area (Å²) in [6.45, 7) is 0.597. The van der Waals surface area contributed by atoms with E-state index in [1.807, 2.05) is 0 Å². The van der Waals surface area contributed by atoms with Gasteiger partial charge in [0.15, 0.2) is 0 Å². The van der Waals surface area contributed by atoms with Crippen molar-refractivity contribution in [3.63, 3.8) is 0 Å². The van der Waals surface area contributed by atoms with Crippen molar-refractivity contribution in [3.8, 4) is 0 Å². The molecule has 3 heteroatoms. The minimum atomic E-state index is 0.597. The second kappa shape index (κ2) is 1.03. The molecule has 0 saturated carbocycles. The Morgan fingerprint density at radius 3 is 3.20 bits per heavy atom. The van der Waals surface area contributed by atoms with Gasteiger partial charge in [0, 0.05) is 0 Å². The van der Waals surface area contributed by atoms with Crippen molar-refractivity contribution in [1.82, 2.24) is 5.59 Å². The summed E-state index contributed by atoms with van der Waals surface area (Å²) in [5.74, 6) is 0. The van der Waals surface area contributed by atoms with Gasteiger partial charge in [-0.2, -0.15) is 10.7 Å². The molecule has 28 valence electrons. The van der Waals surface area contributed by atoms with Gasteiger partial charge in [-0.15, -0.1) is 0 Å². The maximum absolute atomic E-state index is 4.47. The largest absolute Gasteiger partial charge is 0.253 e. The number of hydrogen-bond donors (Lipinski definition) is 1. The molecule has 0 radical (unpaired) electrons. The molecule has 0 aromatic rings. The van der Waals surface area contributed by atoms with Crippen molar-refractivity contribution >= 4 is 6.21 Å². The minimum Gasteiger partial charge on any atom is -0.253 e. The van der Waals surface area contributed by atoms with Gasteiger partial charge in [-0.1, -0.05) is 0 Å². The zero-order chi connectivity index (χ0) is 3.54. The fraction of sp³-hybridized carbons (Fsp3) is 0.500. The van der Waals surface area contributed by atoms with Crippen molar-refractivity contribution in [2.45, 2.75) is 0 Å². The lowest BCUT2D eigenvalue weighted by Gasteiger charge is -1.79. The molecule has 0 atom stereocenters. The molecule has 0 aromatic carbocycles. The zero-order valence-electron chi connectivity index (χ0n) is 2.64. The SMILES string of the molecule is C1=NNOC1. The lowest BCUT2D eigenvalue weighted by atomic mass is 10.8. The van der Waals surface area contributed by atoms with Gasteiger partial charge in [-0.3, -0.25) is 4.84 Å². The average Bonchev–Trinajstić information content (AvgIpc) is 1.76. The molecule has 5 heavy (non-hydrogen) atoms. The highest BCUT2D eigenvalue weighted by Gasteiger charge is 1.82. The third kappa shape index (κ3) is 0.357. The van der Waals surface area contributed by atoms with Gasteiger partial charge < -0.3 is 0 Å². The number of nitrogens with zero attached hydrogens (tertiary/aromatic N) is 1. The standard InChI is InChI=1S/C2H4N2O/c1-2-5-4-3-1/h1,4H,2H2. The summed E-state index contributed by atoms with van der Waals surface area (Å²) in [5, 5.41) is 3.49. The van der Waals surface area contributed by atoms with Crippen molar-refractivity contribution < 1.29 is 4.84 Å². The van der Waals surface area contributed by atoms with Crippen LogP contribution in [0.25, 0.3) is 0 Å². The molecule has 0 saturated heterocycles. The normalized spacial score (nSPS) is 19.2. The topological polar surface area (TPSA) is 33.6 Å². The van der Waals surface area contributed by atoms with Gasteiger partial charge in [-0.25, -0.2) is 0 Å². The highest BCUT2D eigenvalue weighted by Crippen LogP contribution is 1.69. The Labute approximate surface area is 29.6 Å². The fourth-order valence-corrected chi connectivity index (χ4v) is 0.186. The molecule has 0 unspecified atom stereocenters. The van der Waals surface area contributed by atoms with E-state index in [4.69, 9.17) is 0 Å². The molecule has 0 fully saturated rings. The molecular formula is C2H4N2O. The third-order valence-electron chi connectivity index (χ3n) is 0.366. The van der Waals surface area contributed by atoms with Crippen molar-refractivity contribution in [3.05, 3.63) is 0 Å². The molecule has 0 amide bonds. The first-order valence-electron chi connectivity index (χ1n) is 1.38. The van der Waals surface area contributed by atoms with Crippen LogP contribution in [0.15, 0.2) is 5.10 Å². The van der Waals surface area contributed by atoms with E-state index in [0.29, 0.717) is 6.61 Å². The summed E-state index contributed by atoms with van der Waals surface area (Å²) in [7, 11) is 0. The maximum atomic E-state index is 4.47. The van der Waals surface area contributed by atoms with Crippen molar-refractivity contribution in [2.24, 2.45) is 5.10 Å². The van der Waals surface area contributed by atoms with Crippen LogP contribution < -0.4 is 5.59 Å². The van der Waals surface area contributed by atoms with E-state index >= 15 is 0 Å². The van der Waals surface area contributed by atoms with Gasteiger partial charge in [0.05, 0.1) is 6.21 Å². The molecule has 1 rings (SSSR count). The van der Waals surface area contributed by atoms with Crippen LogP contribution in [-0.4, -0.2) is 12.8 Å². The molecule has 0 aromatic heterocycles. The van der Waals surface area contributed by atoms with Gasteiger partial charge in [0.2, 0.25) is 0 Å². The van der Waals surface area contributed by atoms with Crippen LogP contribution >= 0.6 is 0 Å². The van der Waals surface area contributed by atoms with Crippen LogP contribution in [0.2, 0.25) is 0 Å². The highest BCUT2D eigenvalue weighted by molar-refractivity contribution is 5.58. The van der Waals surface area contributed by atoms with Gasteiger partial charge >= 0.3 is 0 Å². The summed E-state index contributed by atoms with van der Waals surface area (Å²) in [5.41, 5.74) is 2.29. The molecule has 3 nitrogen and oxygen atoms in total. The molecular weight excluding hydrogens is 68.0 g/mol. The minimum absolute atomic E-state index is 0.597. The van der Waals surface area contributed by atoms with Crippen LogP contribution in [0.3, 0.4) is 0 Å². The van der Waals surface area contributed by atoms with Gasteiger partial charge in [-0.05, 0) is 0 Å². The summed E-state index contributed by atoms with van der Waals surface area (Å²) < 4.78 is 0. The lowest BCUT2D eigenvalue weighted by molar-refractivity contribution is 0.0947. The van der Waals surface area contributed by atoms with Crippen LogP contribution in [0.5, 0.6) is 0 Å². The number of rotatable bonds is 0. The molecule has 1 aliphatic heterocycles. The molecule has 1 aliphatic rings. The van der Waals surface area contributed by atoms with Gasteiger partial charge in [0.1, 0.15) is 6.61 Å². The second-order valence-electron chi connectivity index (χ2n) is 0.714. The van der Waals surface area contributed by atoms with E-state index in [2.05, 4.69) is 15.5 Å². The quantitative estimate of drug-likeness (QED) is 0.419. The van der Waals surface area contributed by atoms with E-state index < -0.39 is 0 Å². The van der Waals surface area contributed by atoms with E-state index in [-0.39, 0.29) is 0 Å². The highest BCUT2D eigenvalue weighted by atomic mass is 16.7. The summed E-state index contributed by atoms with van der Waals surface area (Å²) in [4.78, 5) is 4.47. The van der Waals surface area contributed by atoms with Crippen LogP contribution in [0, 0.1) is 0 Å². The Balaban J connectivity index is 2.32. The van der Waals surface area contributed by atoms with E-state index in [9.17, 15) is 0 Å². The number of hydrazone groups is 1. The fourth-order valence-electron chi connectivity index (χ4n) is 0.186. The van der Waals surface area contributed by atoms with Crippen LogP contribution in [-0.2, 0) is 4.84 Å². The van der Waals surface area contributed by atoms with Crippen LogP contribution in [0.1, 0.15) is 0 Å². The summed E-state index contributed by atoms with van der Waals surface area (Å²) in [6.07, 6.45) is 1.65. The smallest absolute Gasteiger partial charge is 0.113 e. The van der Waals surface area contributed by atoms with Crippen LogP contribution in [0.4, 0.5) is 0 Å². The first kappa shape index (κ1) is 2.66. The first-order chi connectivity index (χ1) is 2.50. The van der Waals surface area contributed by atoms with E-state index in [1.54, 1.807) is 6.21 Å². The predicted octanol–water partition coefficient (Wildman–Crippen LogP) is -0.493. The third-order valence-corrected chi connectivity index (χ3v) is 0.366. The summed E-state index contributed by atoms with van der Waals surface area (Å²) in [6, 6.07) is 0. The Morgan fingerprint density at radius 2 is 3.00 bits per heavy atom. The Bertz CT molecular complexity index is 45.6. The maximum Gasteiger partial charge on any atom is 0.113 e.